The molecule has 30 heavy (non-hydrogen) atoms. The molecule has 4 nitrogen and oxygen atoms in total. The average molecular weight is 412 g/mol. The number of amides is 1. The first-order chi connectivity index (χ1) is 14.0. The first-order valence-electron chi connectivity index (χ1n) is 10.8. The molecule has 0 fully saturated rings. The Morgan fingerprint density at radius 1 is 0.833 bits per heavy atom. The van der Waals surface area contributed by atoms with E-state index in [4.69, 9.17) is 9.47 Å². The largest absolute Gasteiger partial charge is 0.496 e. The molecule has 0 aliphatic heterocycles. The van der Waals surface area contributed by atoms with Gasteiger partial charge < -0.3 is 14.8 Å². The molecule has 4 heteroatoms. The number of aryl methyl sites for hydroxylation is 2. The number of nitrogens with one attached hydrogen (secondary N) is 1. The number of rotatable bonds is 8. The second-order valence-corrected chi connectivity index (χ2v) is 8.79. The first kappa shape index (κ1) is 23.8. The zero-order chi connectivity index (χ0) is 22.6. The van der Waals surface area contributed by atoms with Crippen LogP contribution in [0.2, 0.25) is 0 Å². The summed E-state index contributed by atoms with van der Waals surface area (Å²) in [5, 5.41) is 3.12. The van der Waals surface area contributed by atoms with Crippen molar-refractivity contribution in [2.24, 2.45) is 0 Å². The summed E-state index contributed by atoms with van der Waals surface area (Å²) in [5.74, 6) is 2.21. The average Bonchev–Trinajstić information content (AvgIpc) is 2.66. The molecule has 0 heterocycles. The fraction of sp³-hybridized carbons (Fsp3) is 0.500. The van der Waals surface area contributed by atoms with Crippen LogP contribution in [0.25, 0.3) is 0 Å². The number of methoxy groups -OCH3 is 1. The van der Waals surface area contributed by atoms with Crippen molar-refractivity contribution in [1.82, 2.24) is 5.32 Å². The number of benzene rings is 2. The summed E-state index contributed by atoms with van der Waals surface area (Å²) in [6.07, 6.45) is -0.588. The molecule has 0 aliphatic rings. The maximum Gasteiger partial charge on any atom is 0.261 e. The van der Waals surface area contributed by atoms with Crippen molar-refractivity contribution in [3.05, 3.63) is 58.1 Å². The Morgan fingerprint density at radius 2 is 1.47 bits per heavy atom. The summed E-state index contributed by atoms with van der Waals surface area (Å²) in [5.41, 5.74) is 5.56. The molecule has 1 N–H and O–H groups in total. The molecule has 0 spiro atoms. The van der Waals surface area contributed by atoms with Crippen LogP contribution < -0.4 is 14.8 Å². The lowest BCUT2D eigenvalue weighted by Crippen LogP contribution is -2.38. The number of hydrogen-bond donors (Lipinski definition) is 1. The highest BCUT2D eigenvalue weighted by Crippen LogP contribution is 2.32. The Morgan fingerprint density at radius 3 is 2.03 bits per heavy atom. The predicted octanol–water partition coefficient (Wildman–Crippen LogP) is 6.20. The van der Waals surface area contributed by atoms with Crippen molar-refractivity contribution < 1.29 is 14.3 Å². The Labute approximate surface area is 182 Å². The van der Waals surface area contributed by atoms with Gasteiger partial charge in [0.15, 0.2) is 6.10 Å². The van der Waals surface area contributed by atoms with E-state index in [1.54, 1.807) is 14.0 Å². The van der Waals surface area contributed by atoms with Crippen molar-refractivity contribution >= 4 is 5.91 Å². The molecular formula is C26H37NO3. The summed E-state index contributed by atoms with van der Waals surface area (Å²) in [6, 6.07) is 10.2. The van der Waals surface area contributed by atoms with Crippen molar-refractivity contribution in [3.63, 3.8) is 0 Å². The molecule has 2 aromatic carbocycles. The van der Waals surface area contributed by atoms with Gasteiger partial charge in [-0.15, -0.1) is 0 Å². The topological polar surface area (TPSA) is 47.6 Å². The number of ether oxygens (including phenoxy) is 2. The maximum atomic E-state index is 12.9. The highest BCUT2D eigenvalue weighted by Gasteiger charge is 2.22. The minimum atomic E-state index is -0.588. The molecule has 164 valence electrons. The summed E-state index contributed by atoms with van der Waals surface area (Å²) < 4.78 is 11.6. The first-order valence-corrected chi connectivity index (χ1v) is 10.8. The van der Waals surface area contributed by atoms with Crippen LogP contribution in [0.5, 0.6) is 11.5 Å². The smallest absolute Gasteiger partial charge is 0.261 e. The predicted molar refractivity (Wildman–Crippen MR) is 124 cm³/mol. The van der Waals surface area contributed by atoms with Gasteiger partial charge in [-0.3, -0.25) is 4.79 Å². The number of carbonyl (C=O) groups excluding carboxylic acids is 1. The third-order valence-electron chi connectivity index (χ3n) is 5.53. The van der Waals surface area contributed by atoms with E-state index in [-0.39, 0.29) is 11.9 Å². The summed E-state index contributed by atoms with van der Waals surface area (Å²) in [6.45, 7) is 16.4. The lowest BCUT2D eigenvalue weighted by atomic mass is 9.93. The van der Waals surface area contributed by atoms with Crippen LogP contribution in [0.4, 0.5) is 0 Å². The molecule has 0 saturated carbocycles. The zero-order valence-corrected chi connectivity index (χ0v) is 19.9. The third-order valence-corrected chi connectivity index (χ3v) is 5.53. The van der Waals surface area contributed by atoms with Crippen LogP contribution in [0.15, 0.2) is 30.3 Å². The number of carbonyl (C=O) groups is 1. The standard InChI is InChI=1S/C26H37NO3/c1-15(2)21-11-10-17(5)12-25(21)30-20(8)26(28)27-19(7)23-14-22(16(3)4)24(29-9)13-18(23)6/h10-16,19-20H,1-9H3,(H,27,28)/t19-,20+/m0/s1. The molecule has 0 saturated heterocycles. The molecule has 2 rings (SSSR count). The van der Waals surface area contributed by atoms with Crippen molar-refractivity contribution in [2.75, 3.05) is 7.11 Å². The fourth-order valence-corrected chi connectivity index (χ4v) is 3.68. The van der Waals surface area contributed by atoms with E-state index in [2.05, 4.69) is 57.3 Å². The maximum absolute atomic E-state index is 12.9. The van der Waals surface area contributed by atoms with Crippen molar-refractivity contribution in [3.8, 4) is 11.5 Å². The van der Waals surface area contributed by atoms with Crippen LogP contribution in [-0.2, 0) is 4.79 Å². The van der Waals surface area contributed by atoms with Gasteiger partial charge in [0.1, 0.15) is 11.5 Å². The van der Waals surface area contributed by atoms with Crippen LogP contribution in [0.1, 0.15) is 87.2 Å². The summed E-state index contributed by atoms with van der Waals surface area (Å²) in [7, 11) is 1.70. The zero-order valence-electron chi connectivity index (χ0n) is 19.9. The highest BCUT2D eigenvalue weighted by atomic mass is 16.5. The van der Waals surface area contributed by atoms with Gasteiger partial charge in [-0.2, -0.15) is 0 Å². The van der Waals surface area contributed by atoms with Gasteiger partial charge in [-0.1, -0.05) is 39.8 Å². The van der Waals surface area contributed by atoms with Gasteiger partial charge in [-0.25, -0.2) is 0 Å². The van der Waals surface area contributed by atoms with Crippen molar-refractivity contribution in [1.29, 1.82) is 0 Å². The Kier molecular flexibility index (Phi) is 7.94. The molecule has 2 aromatic rings. The molecular weight excluding hydrogens is 374 g/mol. The van der Waals surface area contributed by atoms with Gasteiger partial charge in [0, 0.05) is 0 Å². The lowest BCUT2D eigenvalue weighted by molar-refractivity contribution is -0.127. The molecule has 0 bridgehead atoms. The van der Waals surface area contributed by atoms with E-state index in [0.29, 0.717) is 11.8 Å². The highest BCUT2D eigenvalue weighted by molar-refractivity contribution is 5.81. The normalized spacial score (nSPS) is 13.3. The number of hydrogen-bond acceptors (Lipinski definition) is 3. The van der Waals surface area contributed by atoms with Gasteiger partial charge in [0.2, 0.25) is 0 Å². The second kappa shape index (κ2) is 10.0. The van der Waals surface area contributed by atoms with E-state index >= 15 is 0 Å². The van der Waals surface area contributed by atoms with Crippen LogP contribution in [0, 0.1) is 13.8 Å². The SMILES string of the molecule is COc1cc(C)c([C@H](C)NC(=O)[C@@H](C)Oc2cc(C)ccc2C(C)C)cc1C(C)C. The Bertz CT molecular complexity index is 886. The summed E-state index contributed by atoms with van der Waals surface area (Å²) >= 11 is 0. The van der Waals surface area contributed by atoms with Gasteiger partial charge in [-0.05, 0) is 85.5 Å². The van der Waals surface area contributed by atoms with E-state index in [1.807, 2.05) is 26.8 Å². The fourth-order valence-electron chi connectivity index (χ4n) is 3.68. The van der Waals surface area contributed by atoms with Crippen LogP contribution in [-0.4, -0.2) is 19.1 Å². The minimum Gasteiger partial charge on any atom is -0.496 e. The Hall–Kier alpha value is -2.49. The quantitative estimate of drug-likeness (QED) is 0.562. The lowest BCUT2D eigenvalue weighted by Gasteiger charge is -2.23. The van der Waals surface area contributed by atoms with E-state index in [9.17, 15) is 4.79 Å². The van der Waals surface area contributed by atoms with Gasteiger partial charge >= 0.3 is 0 Å². The van der Waals surface area contributed by atoms with Gasteiger partial charge in [0.05, 0.1) is 13.2 Å². The van der Waals surface area contributed by atoms with E-state index in [1.165, 1.54) is 0 Å². The van der Waals surface area contributed by atoms with Crippen LogP contribution >= 0.6 is 0 Å². The monoisotopic (exact) mass is 411 g/mol. The summed E-state index contributed by atoms with van der Waals surface area (Å²) in [4.78, 5) is 12.9. The van der Waals surface area contributed by atoms with Gasteiger partial charge in [0.25, 0.3) is 5.91 Å². The Balaban J connectivity index is 2.18. The molecule has 1 amide bonds. The molecule has 0 radical (unpaired) electrons. The van der Waals surface area contributed by atoms with Crippen molar-refractivity contribution in [2.45, 2.75) is 79.4 Å². The van der Waals surface area contributed by atoms with E-state index < -0.39 is 6.10 Å². The minimum absolute atomic E-state index is 0.125. The van der Waals surface area contributed by atoms with E-state index in [0.717, 1.165) is 39.3 Å². The third kappa shape index (κ3) is 5.56. The van der Waals surface area contributed by atoms with Crippen LogP contribution in [0.3, 0.4) is 0 Å². The second-order valence-electron chi connectivity index (χ2n) is 8.79. The molecule has 0 unspecified atom stereocenters. The molecule has 2 atom stereocenters. The molecule has 0 aromatic heterocycles. The molecule has 0 aliphatic carbocycles.